The van der Waals surface area contributed by atoms with Gasteiger partial charge in [-0.15, -0.1) is 0 Å². The third-order valence-corrected chi connectivity index (χ3v) is 4.72. The van der Waals surface area contributed by atoms with Crippen LogP contribution in [0, 0.1) is 0 Å². The van der Waals surface area contributed by atoms with Crippen LogP contribution in [0.2, 0.25) is 0 Å². The number of nitrogens with zero attached hydrogens (tertiary/aromatic N) is 1. The summed E-state index contributed by atoms with van der Waals surface area (Å²) in [4.78, 5) is 14.1. The fourth-order valence-corrected chi connectivity index (χ4v) is 3.60. The molecule has 0 radical (unpaired) electrons. The lowest BCUT2D eigenvalue weighted by Crippen LogP contribution is -2.46. The van der Waals surface area contributed by atoms with E-state index in [0.717, 1.165) is 10.7 Å². The molecular formula is C13H17BrN2O3S. The zero-order valence-electron chi connectivity index (χ0n) is 11.2. The summed E-state index contributed by atoms with van der Waals surface area (Å²) in [5, 5.41) is 0. The molecule has 1 fully saturated rings. The Morgan fingerprint density at radius 1 is 1.30 bits per heavy atom. The minimum Gasteiger partial charge on any atom is -0.338 e. The Labute approximate surface area is 127 Å². The molecule has 1 aliphatic rings. The molecule has 0 spiro atoms. The molecule has 1 aromatic rings. The minimum atomic E-state index is -3.18. The number of likely N-dealkylation sites (tertiary alicyclic amines) is 1. The van der Waals surface area contributed by atoms with Crippen molar-refractivity contribution < 1.29 is 13.2 Å². The molecule has 0 aromatic heterocycles. The van der Waals surface area contributed by atoms with Crippen molar-refractivity contribution in [1.82, 2.24) is 9.62 Å². The van der Waals surface area contributed by atoms with Gasteiger partial charge in [-0.3, -0.25) is 4.79 Å². The highest BCUT2D eigenvalue weighted by molar-refractivity contribution is 9.10. The monoisotopic (exact) mass is 360 g/mol. The first-order valence-electron chi connectivity index (χ1n) is 6.38. The van der Waals surface area contributed by atoms with Crippen molar-refractivity contribution in [1.29, 1.82) is 0 Å². The molecule has 1 heterocycles. The molecule has 5 nitrogen and oxygen atoms in total. The Kier molecular flexibility index (Phi) is 4.82. The SMILES string of the molecule is CS(=O)(=O)NC1CCN(C(=O)c2ccccc2Br)CC1. The Balaban J connectivity index is 1.97. The van der Waals surface area contributed by atoms with Gasteiger partial charge < -0.3 is 4.90 Å². The van der Waals surface area contributed by atoms with Crippen molar-refractivity contribution in [3.63, 3.8) is 0 Å². The Morgan fingerprint density at radius 3 is 2.45 bits per heavy atom. The van der Waals surface area contributed by atoms with Gasteiger partial charge in [0, 0.05) is 23.6 Å². The fourth-order valence-electron chi connectivity index (χ4n) is 2.31. The second-order valence-electron chi connectivity index (χ2n) is 4.94. The molecule has 0 unspecified atom stereocenters. The third kappa shape index (κ3) is 4.04. The van der Waals surface area contributed by atoms with E-state index >= 15 is 0 Å². The molecule has 1 aromatic carbocycles. The van der Waals surface area contributed by atoms with E-state index < -0.39 is 10.0 Å². The van der Waals surface area contributed by atoms with Crippen molar-refractivity contribution in [2.75, 3.05) is 19.3 Å². The van der Waals surface area contributed by atoms with Crippen LogP contribution in [0.15, 0.2) is 28.7 Å². The van der Waals surface area contributed by atoms with Gasteiger partial charge in [-0.1, -0.05) is 12.1 Å². The summed E-state index contributed by atoms with van der Waals surface area (Å²) >= 11 is 3.38. The molecule has 1 saturated heterocycles. The predicted molar refractivity (Wildman–Crippen MR) is 81.0 cm³/mol. The van der Waals surface area contributed by atoms with Crippen molar-refractivity contribution in [2.24, 2.45) is 0 Å². The summed E-state index contributed by atoms with van der Waals surface area (Å²) in [5.74, 6) is -0.0183. The van der Waals surface area contributed by atoms with Gasteiger partial charge in [0.25, 0.3) is 5.91 Å². The molecule has 1 aliphatic heterocycles. The molecular weight excluding hydrogens is 344 g/mol. The highest BCUT2D eigenvalue weighted by Crippen LogP contribution is 2.20. The molecule has 0 aliphatic carbocycles. The third-order valence-electron chi connectivity index (χ3n) is 3.27. The van der Waals surface area contributed by atoms with Crippen molar-refractivity contribution in [3.8, 4) is 0 Å². The van der Waals surface area contributed by atoms with Crippen LogP contribution in [0.3, 0.4) is 0 Å². The van der Waals surface area contributed by atoms with Gasteiger partial charge in [-0.05, 0) is 40.9 Å². The predicted octanol–water partition coefficient (Wildman–Crippen LogP) is 1.60. The second kappa shape index (κ2) is 6.24. The summed E-state index contributed by atoms with van der Waals surface area (Å²) < 4.78 is 25.7. The van der Waals surface area contributed by atoms with Gasteiger partial charge in [0.05, 0.1) is 11.8 Å². The zero-order chi connectivity index (χ0) is 14.8. The number of benzene rings is 1. The second-order valence-corrected chi connectivity index (χ2v) is 7.57. The molecule has 1 amide bonds. The normalized spacial score (nSPS) is 17.2. The largest absolute Gasteiger partial charge is 0.338 e. The molecule has 110 valence electrons. The lowest BCUT2D eigenvalue weighted by molar-refractivity contribution is 0.0710. The molecule has 7 heteroatoms. The zero-order valence-corrected chi connectivity index (χ0v) is 13.6. The summed E-state index contributed by atoms with van der Waals surface area (Å²) in [6, 6.07) is 7.24. The van der Waals surface area contributed by atoms with Crippen LogP contribution in [0.25, 0.3) is 0 Å². The van der Waals surface area contributed by atoms with Crippen molar-refractivity contribution in [2.45, 2.75) is 18.9 Å². The summed E-state index contributed by atoms with van der Waals surface area (Å²) in [7, 11) is -3.18. The van der Waals surface area contributed by atoms with Crippen LogP contribution < -0.4 is 4.72 Å². The number of amides is 1. The maximum absolute atomic E-state index is 12.4. The van der Waals surface area contributed by atoms with Gasteiger partial charge in [0.1, 0.15) is 0 Å². The Hall–Kier alpha value is -0.920. The van der Waals surface area contributed by atoms with Crippen LogP contribution in [0.5, 0.6) is 0 Å². The fraction of sp³-hybridized carbons (Fsp3) is 0.462. The van der Waals surface area contributed by atoms with E-state index in [1.807, 2.05) is 18.2 Å². The molecule has 1 N–H and O–H groups in total. The number of carbonyl (C=O) groups is 1. The average molecular weight is 361 g/mol. The van der Waals surface area contributed by atoms with E-state index in [4.69, 9.17) is 0 Å². The summed E-state index contributed by atoms with van der Waals surface area (Å²) in [6.45, 7) is 1.13. The number of rotatable bonds is 3. The van der Waals surface area contributed by atoms with Gasteiger partial charge in [-0.2, -0.15) is 0 Å². The number of piperidine rings is 1. The maximum atomic E-state index is 12.4. The summed E-state index contributed by atoms with van der Waals surface area (Å²) in [6.07, 6.45) is 2.44. The molecule has 0 bridgehead atoms. The molecule has 0 saturated carbocycles. The van der Waals surface area contributed by atoms with Crippen LogP contribution >= 0.6 is 15.9 Å². The highest BCUT2D eigenvalue weighted by atomic mass is 79.9. The maximum Gasteiger partial charge on any atom is 0.254 e. The van der Waals surface area contributed by atoms with Crippen LogP contribution in [0.1, 0.15) is 23.2 Å². The van der Waals surface area contributed by atoms with Crippen molar-refractivity contribution in [3.05, 3.63) is 34.3 Å². The Bertz CT molecular complexity index is 595. The van der Waals surface area contributed by atoms with Crippen LogP contribution in [-0.4, -0.2) is 44.6 Å². The Morgan fingerprint density at radius 2 is 1.90 bits per heavy atom. The van der Waals surface area contributed by atoms with Crippen LogP contribution in [-0.2, 0) is 10.0 Å². The number of nitrogens with one attached hydrogen (secondary N) is 1. The van der Waals surface area contributed by atoms with Gasteiger partial charge >= 0.3 is 0 Å². The number of hydrogen-bond acceptors (Lipinski definition) is 3. The van der Waals surface area contributed by atoms with Crippen molar-refractivity contribution >= 4 is 31.9 Å². The van der Waals surface area contributed by atoms with E-state index in [0.29, 0.717) is 31.5 Å². The standard InChI is InChI=1S/C13H17BrN2O3S/c1-20(18,19)15-10-6-8-16(9-7-10)13(17)11-4-2-3-5-12(11)14/h2-5,10,15H,6-9H2,1H3. The minimum absolute atomic E-state index is 0.0183. The number of sulfonamides is 1. The van der Waals surface area contributed by atoms with E-state index in [9.17, 15) is 13.2 Å². The van der Waals surface area contributed by atoms with E-state index in [1.54, 1.807) is 11.0 Å². The quantitative estimate of drug-likeness (QED) is 0.890. The van der Waals surface area contributed by atoms with Gasteiger partial charge in [0.2, 0.25) is 10.0 Å². The average Bonchev–Trinajstić information content (AvgIpc) is 2.37. The topological polar surface area (TPSA) is 66.5 Å². The molecule has 0 atom stereocenters. The lowest BCUT2D eigenvalue weighted by atomic mass is 10.0. The first-order valence-corrected chi connectivity index (χ1v) is 9.06. The highest BCUT2D eigenvalue weighted by Gasteiger charge is 2.25. The summed E-state index contributed by atoms with van der Waals surface area (Å²) in [5.41, 5.74) is 0.641. The first-order chi connectivity index (χ1) is 9.37. The first kappa shape index (κ1) is 15.5. The number of halogens is 1. The number of hydrogen-bond donors (Lipinski definition) is 1. The smallest absolute Gasteiger partial charge is 0.254 e. The molecule has 20 heavy (non-hydrogen) atoms. The van der Waals surface area contributed by atoms with Gasteiger partial charge in [-0.25, -0.2) is 13.1 Å². The van der Waals surface area contributed by atoms with E-state index in [1.165, 1.54) is 0 Å². The van der Waals surface area contributed by atoms with Gasteiger partial charge in [0.15, 0.2) is 0 Å². The molecule has 2 rings (SSSR count). The lowest BCUT2D eigenvalue weighted by Gasteiger charge is -2.32. The van der Waals surface area contributed by atoms with E-state index in [2.05, 4.69) is 20.7 Å². The van der Waals surface area contributed by atoms with Crippen LogP contribution in [0.4, 0.5) is 0 Å². The number of carbonyl (C=O) groups excluding carboxylic acids is 1. The van der Waals surface area contributed by atoms with E-state index in [-0.39, 0.29) is 11.9 Å².